The van der Waals surface area contributed by atoms with Gasteiger partial charge in [-0.1, -0.05) is 37.0 Å². The number of halogens is 3. The van der Waals surface area contributed by atoms with Gasteiger partial charge in [-0.3, -0.25) is 4.68 Å². The zero-order chi connectivity index (χ0) is 15.0. The Morgan fingerprint density at radius 3 is 2.55 bits per heavy atom. The number of benzene rings is 1. The predicted octanol–water partition coefficient (Wildman–Crippen LogP) is 4.07. The number of aryl methyl sites for hydroxylation is 1. The topological polar surface area (TPSA) is 38.0 Å². The first kappa shape index (κ1) is 15.3. The average molecular weight is 317 g/mol. The first-order chi connectivity index (χ1) is 9.32. The van der Waals surface area contributed by atoms with Crippen molar-refractivity contribution in [3.8, 4) is 0 Å². The van der Waals surface area contributed by atoms with Crippen LogP contribution in [0.4, 0.5) is 4.39 Å². The molecule has 1 aromatic heterocycles. The standard InChI is InChI=1S/C14H15Cl2FN2O/c1-7(2)12-11(14(16)19(3)18-12)13(20)9-6-8(17)4-5-10(9)15/h4-7,13,20H,1-3H3. The van der Waals surface area contributed by atoms with E-state index in [1.807, 2.05) is 13.8 Å². The Labute approximate surface area is 126 Å². The SMILES string of the molecule is CC(C)c1nn(C)c(Cl)c1C(O)c1cc(F)ccc1Cl. The van der Waals surface area contributed by atoms with E-state index in [2.05, 4.69) is 5.10 Å². The summed E-state index contributed by atoms with van der Waals surface area (Å²) >= 11 is 12.2. The highest BCUT2D eigenvalue weighted by atomic mass is 35.5. The largest absolute Gasteiger partial charge is 0.383 e. The van der Waals surface area contributed by atoms with Gasteiger partial charge in [0.2, 0.25) is 0 Å². The van der Waals surface area contributed by atoms with Crippen LogP contribution in [0, 0.1) is 5.82 Å². The zero-order valence-electron chi connectivity index (χ0n) is 11.4. The Bertz CT molecular complexity index is 640. The van der Waals surface area contributed by atoms with Crippen LogP contribution in [0.25, 0.3) is 0 Å². The van der Waals surface area contributed by atoms with E-state index in [1.54, 1.807) is 7.05 Å². The molecule has 0 saturated heterocycles. The summed E-state index contributed by atoms with van der Waals surface area (Å²) in [6.45, 7) is 3.89. The van der Waals surface area contributed by atoms with E-state index in [0.29, 0.717) is 16.4 Å². The molecule has 6 heteroatoms. The lowest BCUT2D eigenvalue weighted by Crippen LogP contribution is -2.05. The maximum atomic E-state index is 13.4. The Hall–Kier alpha value is -1.10. The number of aliphatic hydroxyl groups excluding tert-OH is 1. The Balaban J connectivity index is 2.58. The summed E-state index contributed by atoms with van der Waals surface area (Å²) in [6, 6.07) is 3.86. The molecule has 0 fully saturated rings. The van der Waals surface area contributed by atoms with Crippen LogP contribution < -0.4 is 0 Å². The molecule has 0 spiro atoms. The van der Waals surface area contributed by atoms with Gasteiger partial charge in [-0.15, -0.1) is 0 Å². The second-order valence-corrected chi connectivity index (χ2v) is 5.70. The normalized spacial score (nSPS) is 13.0. The summed E-state index contributed by atoms with van der Waals surface area (Å²) in [6.07, 6.45) is -1.11. The number of hydrogen-bond acceptors (Lipinski definition) is 2. The van der Waals surface area contributed by atoms with Crippen molar-refractivity contribution >= 4 is 23.2 Å². The van der Waals surface area contributed by atoms with Crippen LogP contribution in [-0.4, -0.2) is 14.9 Å². The molecule has 0 aliphatic carbocycles. The number of hydrogen-bond donors (Lipinski definition) is 1. The molecule has 0 bridgehead atoms. The van der Waals surface area contributed by atoms with Gasteiger partial charge in [-0.25, -0.2) is 4.39 Å². The second-order valence-electron chi connectivity index (χ2n) is 4.94. The lowest BCUT2D eigenvalue weighted by atomic mass is 9.97. The van der Waals surface area contributed by atoms with Crippen LogP contribution in [0.15, 0.2) is 18.2 Å². The highest BCUT2D eigenvalue weighted by Crippen LogP contribution is 2.36. The Morgan fingerprint density at radius 2 is 1.95 bits per heavy atom. The molecule has 1 aromatic carbocycles. The van der Waals surface area contributed by atoms with Crippen LogP contribution in [0.2, 0.25) is 10.2 Å². The fourth-order valence-corrected chi connectivity index (χ4v) is 2.56. The molecule has 1 heterocycles. The minimum atomic E-state index is -1.11. The van der Waals surface area contributed by atoms with E-state index in [9.17, 15) is 9.50 Å². The molecule has 2 aromatic rings. The summed E-state index contributed by atoms with van der Waals surface area (Å²) in [5, 5.41) is 15.4. The quantitative estimate of drug-likeness (QED) is 0.926. The van der Waals surface area contributed by atoms with E-state index < -0.39 is 11.9 Å². The van der Waals surface area contributed by atoms with E-state index in [-0.39, 0.29) is 16.5 Å². The summed E-state index contributed by atoms with van der Waals surface area (Å²) in [5.41, 5.74) is 1.42. The summed E-state index contributed by atoms with van der Waals surface area (Å²) in [7, 11) is 1.69. The van der Waals surface area contributed by atoms with Gasteiger partial charge in [0.15, 0.2) is 0 Å². The van der Waals surface area contributed by atoms with E-state index >= 15 is 0 Å². The number of aliphatic hydroxyl groups is 1. The molecule has 3 nitrogen and oxygen atoms in total. The maximum Gasteiger partial charge on any atom is 0.133 e. The summed E-state index contributed by atoms with van der Waals surface area (Å²) < 4.78 is 14.9. The maximum absolute atomic E-state index is 13.4. The van der Waals surface area contributed by atoms with E-state index in [4.69, 9.17) is 23.2 Å². The molecule has 0 amide bonds. The van der Waals surface area contributed by atoms with Gasteiger partial charge in [0.25, 0.3) is 0 Å². The molecule has 1 N–H and O–H groups in total. The van der Waals surface area contributed by atoms with Crippen LogP contribution in [0.3, 0.4) is 0 Å². The summed E-state index contributed by atoms with van der Waals surface area (Å²) in [4.78, 5) is 0. The lowest BCUT2D eigenvalue weighted by Gasteiger charge is -2.15. The van der Waals surface area contributed by atoms with Crippen LogP contribution >= 0.6 is 23.2 Å². The predicted molar refractivity (Wildman–Crippen MR) is 77.8 cm³/mol. The highest BCUT2D eigenvalue weighted by molar-refractivity contribution is 6.32. The minimum absolute atomic E-state index is 0.0747. The summed E-state index contributed by atoms with van der Waals surface area (Å²) in [5.74, 6) is -0.389. The monoisotopic (exact) mass is 316 g/mol. The highest BCUT2D eigenvalue weighted by Gasteiger charge is 2.26. The van der Waals surface area contributed by atoms with Crippen molar-refractivity contribution in [2.45, 2.75) is 25.9 Å². The van der Waals surface area contributed by atoms with Gasteiger partial charge in [-0.2, -0.15) is 5.10 Å². The number of rotatable bonds is 3. The van der Waals surface area contributed by atoms with Gasteiger partial charge in [0.05, 0.1) is 5.69 Å². The third-order valence-corrected chi connectivity index (χ3v) is 3.91. The lowest BCUT2D eigenvalue weighted by molar-refractivity contribution is 0.218. The molecule has 20 heavy (non-hydrogen) atoms. The first-order valence-corrected chi connectivity index (χ1v) is 6.93. The van der Waals surface area contributed by atoms with Crippen molar-refractivity contribution in [2.24, 2.45) is 7.05 Å². The van der Waals surface area contributed by atoms with Crippen LogP contribution in [0.1, 0.15) is 42.7 Å². The molecule has 0 aliphatic heterocycles. The van der Waals surface area contributed by atoms with Gasteiger partial charge in [0, 0.05) is 23.2 Å². The van der Waals surface area contributed by atoms with Crippen molar-refractivity contribution in [1.82, 2.24) is 9.78 Å². The molecule has 0 radical (unpaired) electrons. The van der Waals surface area contributed by atoms with E-state index in [0.717, 1.165) is 0 Å². The smallest absolute Gasteiger partial charge is 0.133 e. The Morgan fingerprint density at radius 1 is 1.30 bits per heavy atom. The first-order valence-electron chi connectivity index (χ1n) is 6.18. The number of aromatic nitrogens is 2. The third kappa shape index (κ3) is 2.68. The van der Waals surface area contributed by atoms with Crippen molar-refractivity contribution in [3.63, 3.8) is 0 Å². The fourth-order valence-electron chi connectivity index (χ4n) is 2.10. The average Bonchev–Trinajstić information content (AvgIpc) is 2.68. The Kier molecular flexibility index (Phi) is 4.37. The molecular weight excluding hydrogens is 302 g/mol. The molecular formula is C14H15Cl2FN2O. The van der Waals surface area contributed by atoms with Gasteiger partial charge >= 0.3 is 0 Å². The van der Waals surface area contributed by atoms with Crippen molar-refractivity contribution in [1.29, 1.82) is 0 Å². The van der Waals surface area contributed by atoms with Gasteiger partial charge in [-0.05, 0) is 24.1 Å². The molecule has 0 saturated carbocycles. The fraction of sp³-hybridized carbons (Fsp3) is 0.357. The minimum Gasteiger partial charge on any atom is -0.383 e. The number of nitrogens with zero attached hydrogens (tertiary/aromatic N) is 2. The molecule has 108 valence electrons. The molecule has 0 aliphatic rings. The van der Waals surface area contributed by atoms with Gasteiger partial charge in [0.1, 0.15) is 17.1 Å². The zero-order valence-corrected chi connectivity index (χ0v) is 12.9. The van der Waals surface area contributed by atoms with E-state index in [1.165, 1.54) is 22.9 Å². The van der Waals surface area contributed by atoms with Crippen LogP contribution in [0.5, 0.6) is 0 Å². The van der Waals surface area contributed by atoms with Gasteiger partial charge < -0.3 is 5.11 Å². The third-order valence-electron chi connectivity index (χ3n) is 3.11. The molecule has 1 unspecified atom stereocenters. The van der Waals surface area contributed by atoms with Crippen molar-refractivity contribution in [3.05, 3.63) is 51.0 Å². The molecule has 1 atom stereocenters. The molecule has 2 rings (SSSR count). The van der Waals surface area contributed by atoms with Crippen molar-refractivity contribution < 1.29 is 9.50 Å². The second kappa shape index (κ2) is 5.72. The van der Waals surface area contributed by atoms with Crippen molar-refractivity contribution in [2.75, 3.05) is 0 Å². The van der Waals surface area contributed by atoms with Crippen LogP contribution in [-0.2, 0) is 7.05 Å².